The standard InChI is InChI=1S/2C23H20N6O2.2C20H17FN4O2.C19H14F2N4O2/c2*1-15-26-19-11-16(3-5-21(19)31-15)17-4-6-22-24-12-20(28(22)13-17)23(30)27-10-7-18(14-27)29-9-2-8-25-29;2*1-12-23-16-8-13(2-4-18(16)27-12)14-3-5-19-22-9-17(25(19)10-14)20(26)24-7-6-15(21)11-24;1-11-23-14-6-12(2-4-16(14)27-11)13-3-5-17-22-7-15(25(17)8-13)18(26)24-9-19(20,21)10-24/h2*2-6,8-9,11-13,18H,7,10,14H2,1H3;2*2-5,8-10,15H,6-7,11H2,1H3;2-8H,9-10H2,1H3/t2*18-;2*15-;/m1011./s1. The fraction of sp³-hybridized carbons (Fsp3) is 0.229. The summed E-state index contributed by atoms with van der Waals surface area (Å²) in [7, 11) is 0. The Morgan fingerprint density at radius 1 is 0.308 bits per heavy atom. The first kappa shape index (κ1) is 89.3. The predicted molar refractivity (Wildman–Crippen MR) is 520 cm³/mol. The van der Waals surface area contributed by atoms with Gasteiger partial charge in [-0.05, 0) is 215 Å². The molecule has 4 atom stereocenters. The summed E-state index contributed by atoms with van der Waals surface area (Å²) in [4.78, 5) is 116. The molecular weight excluding hydrogens is 1830 g/mol. The van der Waals surface area contributed by atoms with Crippen LogP contribution in [0.5, 0.6) is 0 Å². The number of aromatic nitrogens is 19. The van der Waals surface area contributed by atoms with Crippen LogP contribution in [0.3, 0.4) is 0 Å². The maximum atomic E-state index is 13.5. The van der Waals surface area contributed by atoms with Gasteiger partial charge in [0.1, 0.15) is 96.6 Å². The normalized spacial score (nSPS) is 16.7. The molecule has 0 spiro atoms. The van der Waals surface area contributed by atoms with Crippen LogP contribution in [0.4, 0.5) is 17.6 Å². The number of carbonyl (C=O) groups is 5. The minimum atomic E-state index is -2.80. The number of halogens is 4. The van der Waals surface area contributed by atoms with E-state index in [0.717, 1.165) is 135 Å². The number of nitrogens with zero attached hydrogens (tertiary/aromatic N) is 24. The summed E-state index contributed by atoms with van der Waals surface area (Å²) in [5, 5.41) is 8.64. The quantitative estimate of drug-likeness (QED) is 0.103. The number of carbonyl (C=O) groups excluding carboxylic acids is 5. The van der Waals surface area contributed by atoms with E-state index in [1.54, 1.807) is 79.4 Å². The fourth-order valence-electron chi connectivity index (χ4n) is 19.2. The van der Waals surface area contributed by atoms with Crippen LogP contribution < -0.4 is 0 Å². The van der Waals surface area contributed by atoms with Crippen LogP contribution in [0, 0.1) is 34.6 Å². The maximum Gasteiger partial charge on any atom is 0.282 e. The van der Waals surface area contributed by atoms with Crippen molar-refractivity contribution in [1.82, 2.24) is 116 Å². The maximum absolute atomic E-state index is 13.5. The average Bonchev–Trinajstić information content (AvgIpc) is 1.13. The number of fused-ring (bicyclic) bond motifs is 10. The molecule has 5 saturated heterocycles. The molecule has 0 saturated carbocycles. The number of amides is 5. The van der Waals surface area contributed by atoms with Crippen molar-refractivity contribution >= 4 is 113 Å². The van der Waals surface area contributed by atoms with E-state index in [4.69, 9.17) is 22.1 Å². The number of imidazole rings is 5. The molecule has 5 aliphatic rings. The number of rotatable bonds is 12. The van der Waals surface area contributed by atoms with E-state index in [1.165, 1.54) is 6.20 Å². The Bertz CT molecular complexity index is 8310. The lowest BCUT2D eigenvalue weighted by Crippen LogP contribution is -2.58. The summed E-state index contributed by atoms with van der Waals surface area (Å²) in [5.41, 5.74) is 22.9. The molecule has 5 aliphatic heterocycles. The highest BCUT2D eigenvalue weighted by molar-refractivity contribution is 5.98. The van der Waals surface area contributed by atoms with E-state index in [9.17, 15) is 41.5 Å². The number of hydrogen-bond donors (Lipinski definition) is 0. The van der Waals surface area contributed by atoms with Crippen LogP contribution in [-0.4, -0.2) is 229 Å². The highest BCUT2D eigenvalue weighted by atomic mass is 19.3. The van der Waals surface area contributed by atoms with Crippen molar-refractivity contribution in [3.05, 3.63) is 308 Å². The lowest BCUT2D eigenvalue weighted by molar-refractivity contribution is -0.113. The minimum Gasteiger partial charge on any atom is -0.441 e. The molecule has 38 heteroatoms. The van der Waals surface area contributed by atoms with Crippen LogP contribution in [0.1, 0.15) is 120 Å². The van der Waals surface area contributed by atoms with E-state index >= 15 is 0 Å². The summed E-state index contributed by atoms with van der Waals surface area (Å²) in [6.07, 6.45) is 25.4. The van der Waals surface area contributed by atoms with Gasteiger partial charge in [-0.15, -0.1) is 0 Å². The Labute approximate surface area is 808 Å². The summed E-state index contributed by atoms with van der Waals surface area (Å²) < 4.78 is 93.6. The molecule has 5 amide bonds. The average molecular weight is 1920 g/mol. The lowest BCUT2D eigenvalue weighted by Gasteiger charge is -2.38. The van der Waals surface area contributed by atoms with Crippen molar-refractivity contribution in [2.45, 2.75) is 90.7 Å². The molecule has 0 aliphatic carbocycles. The van der Waals surface area contributed by atoms with Gasteiger partial charge >= 0.3 is 0 Å². The molecule has 27 rings (SSSR count). The first-order valence-corrected chi connectivity index (χ1v) is 46.7. The zero-order valence-corrected chi connectivity index (χ0v) is 77.7. The molecule has 5 aromatic carbocycles. The van der Waals surface area contributed by atoms with Gasteiger partial charge in [0.15, 0.2) is 57.4 Å². The molecule has 34 nitrogen and oxygen atoms in total. The molecule has 0 N–H and O–H groups in total. The van der Waals surface area contributed by atoms with Crippen LogP contribution in [0.25, 0.3) is 139 Å². The van der Waals surface area contributed by atoms with Crippen molar-refractivity contribution in [2.75, 3.05) is 65.4 Å². The third kappa shape index (κ3) is 17.6. The second kappa shape index (κ2) is 36.3. The van der Waals surface area contributed by atoms with Crippen molar-refractivity contribution in [3.63, 3.8) is 0 Å². The smallest absolute Gasteiger partial charge is 0.282 e. The number of likely N-dealkylation sites (tertiary alicyclic amines) is 5. The van der Waals surface area contributed by atoms with Gasteiger partial charge in [0.2, 0.25) is 0 Å². The van der Waals surface area contributed by atoms with E-state index in [-0.39, 0.29) is 54.5 Å². The monoisotopic (exact) mass is 1920 g/mol. The summed E-state index contributed by atoms with van der Waals surface area (Å²) in [6.45, 7) is 11.9. The molecule has 17 aromatic heterocycles. The number of pyridine rings is 5. The Morgan fingerprint density at radius 2 is 0.545 bits per heavy atom. The SMILES string of the molecule is Cc1nc2cc(-c3ccc4ncc(C(=O)N5CC(F)(F)C5)n4c3)ccc2o1.Cc1nc2cc(-c3ccc4ncc(C(=O)N5CC[C@@H](F)C5)n4c3)ccc2o1.Cc1nc2cc(-c3ccc4ncc(C(=O)N5CC[C@@H](F)C5)n4c3)ccc2o1.Cc1nc2cc(-c3ccc4ncc(C(=O)N5CC[C@@H](n6cccn6)C5)n4c3)ccc2o1.Cc1nc2cc(-c3ccc4ncc(C(=O)N5CC[C@H](n6cccn6)C5)n4c3)ccc2o1. The van der Waals surface area contributed by atoms with Gasteiger partial charge in [-0.25, -0.2) is 67.4 Å². The molecule has 143 heavy (non-hydrogen) atoms. The van der Waals surface area contributed by atoms with Crippen molar-refractivity contribution < 1.29 is 63.6 Å². The van der Waals surface area contributed by atoms with Crippen molar-refractivity contribution in [1.29, 1.82) is 0 Å². The summed E-state index contributed by atoms with van der Waals surface area (Å²) in [6, 6.07) is 52.6. The van der Waals surface area contributed by atoms with E-state index in [1.807, 2.05) is 251 Å². The molecule has 716 valence electrons. The summed E-state index contributed by atoms with van der Waals surface area (Å²) >= 11 is 0. The Balaban J connectivity index is 0.0000000993. The molecule has 0 unspecified atom stereocenters. The zero-order chi connectivity index (χ0) is 97.7. The third-order valence-electron chi connectivity index (χ3n) is 26.4. The highest BCUT2D eigenvalue weighted by Gasteiger charge is 2.47. The third-order valence-corrected chi connectivity index (χ3v) is 26.4. The van der Waals surface area contributed by atoms with Crippen LogP contribution in [0.15, 0.2) is 273 Å². The molecular formula is C105H88F4N24O10. The summed E-state index contributed by atoms with van der Waals surface area (Å²) in [5.74, 6) is -0.540. The van der Waals surface area contributed by atoms with E-state index in [2.05, 4.69) is 60.0 Å². The number of alkyl halides is 4. The molecule has 22 heterocycles. The molecule has 22 aromatic rings. The first-order chi connectivity index (χ1) is 69.4. The number of oxazole rings is 5. The van der Waals surface area contributed by atoms with Gasteiger partial charge in [-0.1, -0.05) is 30.3 Å². The van der Waals surface area contributed by atoms with Gasteiger partial charge in [-0.3, -0.25) is 55.3 Å². The number of benzene rings is 5. The minimum absolute atomic E-state index is 0.0121. The Morgan fingerprint density at radius 3 is 0.776 bits per heavy atom. The number of hydrogen-bond acceptors (Lipinski definition) is 22. The Hall–Kier alpha value is -17.6. The predicted octanol–water partition coefficient (Wildman–Crippen LogP) is 18.3. The van der Waals surface area contributed by atoms with Crippen LogP contribution in [-0.2, 0) is 0 Å². The first-order valence-electron chi connectivity index (χ1n) is 46.7. The van der Waals surface area contributed by atoms with Gasteiger partial charge in [0.25, 0.3) is 35.5 Å². The second-order valence-corrected chi connectivity index (χ2v) is 36.2. The van der Waals surface area contributed by atoms with Crippen molar-refractivity contribution in [3.8, 4) is 55.6 Å². The van der Waals surface area contributed by atoms with Crippen molar-refractivity contribution in [2.24, 2.45) is 0 Å². The molecule has 0 radical (unpaired) electrons. The van der Waals surface area contributed by atoms with Crippen LogP contribution >= 0.6 is 0 Å². The van der Waals surface area contributed by atoms with E-state index in [0.29, 0.717) is 127 Å². The zero-order valence-electron chi connectivity index (χ0n) is 77.7. The van der Waals surface area contributed by atoms with Gasteiger partial charge < -0.3 is 46.6 Å². The second-order valence-electron chi connectivity index (χ2n) is 36.2. The molecule has 5 fully saturated rings. The number of aryl methyl sites for hydroxylation is 5. The van der Waals surface area contributed by atoms with Gasteiger partial charge in [0.05, 0.1) is 69.2 Å². The van der Waals surface area contributed by atoms with Gasteiger partial charge in [-0.2, -0.15) is 10.2 Å². The fourth-order valence-corrected chi connectivity index (χ4v) is 19.2. The van der Waals surface area contributed by atoms with E-state index < -0.39 is 37.3 Å². The highest BCUT2D eigenvalue weighted by Crippen LogP contribution is 2.37. The Kier molecular flexibility index (Phi) is 22.7. The molecule has 0 bridgehead atoms. The van der Waals surface area contributed by atoms with Crippen LogP contribution in [0.2, 0.25) is 0 Å². The largest absolute Gasteiger partial charge is 0.441 e. The van der Waals surface area contributed by atoms with Gasteiger partial charge in [0, 0.05) is 130 Å². The lowest BCUT2D eigenvalue weighted by atomic mass is 10.1. The topological polar surface area (TPSA) is 354 Å².